The minimum atomic E-state index is -1.05. The molecule has 3 rings (SSSR count). The molecular weight excluding hydrogens is 280 g/mol. The molecule has 0 fully saturated rings. The van der Waals surface area contributed by atoms with Crippen LogP contribution in [0.2, 0.25) is 0 Å². The van der Waals surface area contributed by atoms with E-state index in [-0.39, 0.29) is 0 Å². The summed E-state index contributed by atoms with van der Waals surface area (Å²) in [5.41, 5.74) is 1.33. The molecule has 0 radical (unpaired) electrons. The van der Waals surface area contributed by atoms with Gasteiger partial charge < -0.3 is 9.90 Å². The van der Waals surface area contributed by atoms with Crippen LogP contribution in [0.25, 0.3) is 10.2 Å². The Balaban J connectivity index is 2.09. The van der Waals surface area contributed by atoms with E-state index in [0.717, 1.165) is 28.1 Å². The van der Waals surface area contributed by atoms with Gasteiger partial charge in [0.05, 0.1) is 5.97 Å². The molecule has 2 aromatic rings. The number of rotatable bonds is 3. The number of aromatic nitrogens is 2. The molecule has 19 heavy (non-hydrogen) atoms. The molecule has 4 nitrogen and oxygen atoms in total. The van der Waals surface area contributed by atoms with Crippen LogP contribution >= 0.6 is 23.1 Å². The number of hydrogen-bond acceptors (Lipinski definition) is 6. The molecule has 0 amide bonds. The van der Waals surface area contributed by atoms with Crippen LogP contribution in [0.4, 0.5) is 0 Å². The molecule has 100 valence electrons. The maximum Gasteiger partial charge on any atom is 0.128 e. The predicted octanol–water partition coefficient (Wildman–Crippen LogP) is 1.80. The summed E-state index contributed by atoms with van der Waals surface area (Å²) in [6.07, 6.45) is 6.10. The molecule has 2 aromatic heterocycles. The number of aryl methyl sites for hydroxylation is 2. The summed E-state index contributed by atoms with van der Waals surface area (Å²) in [5, 5.41) is 12.1. The normalized spacial score (nSPS) is 16.3. The van der Waals surface area contributed by atoms with E-state index < -0.39 is 11.2 Å². The van der Waals surface area contributed by atoms with E-state index in [2.05, 4.69) is 9.97 Å². The largest absolute Gasteiger partial charge is 0.549 e. The van der Waals surface area contributed by atoms with Crippen molar-refractivity contribution in [3.05, 3.63) is 16.8 Å². The summed E-state index contributed by atoms with van der Waals surface area (Å²) in [7, 11) is 0. The number of thioether (sulfide) groups is 1. The number of carboxylic acid groups (broad SMARTS) is 1. The first-order valence-electron chi connectivity index (χ1n) is 6.29. The first kappa shape index (κ1) is 12.9. The van der Waals surface area contributed by atoms with Gasteiger partial charge in [-0.3, -0.25) is 0 Å². The molecule has 0 N–H and O–H groups in total. The molecule has 2 heterocycles. The zero-order chi connectivity index (χ0) is 13.4. The van der Waals surface area contributed by atoms with Gasteiger partial charge in [0.25, 0.3) is 0 Å². The van der Waals surface area contributed by atoms with Crippen molar-refractivity contribution in [2.75, 3.05) is 0 Å². The first-order chi connectivity index (χ1) is 9.16. The zero-order valence-corrected chi connectivity index (χ0v) is 12.1. The van der Waals surface area contributed by atoms with Crippen LogP contribution in [0.1, 0.15) is 30.2 Å². The topological polar surface area (TPSA) is 65.9 Å². The van der Waals surface area contributed by atoms with Crippen molar-refractivity contribution in [2.24, 2.45) is 0 Å². The van der Waals surface area contributed by atoms with E-state index in [4.69, 9.17) is 0 Å². The quantitative estimate of drug-likeness (QED) is 0.638. The number of hydrogen-bond donors (Lipinski definition) is 0. The van der Waals surface area contributed by atoms with Crippen LogP contribution in [-0.2, 0) is 17.6 Å². The number of carbonyl (C=O) groups is 1. The number of carbonyl (C=O) groups excluding carboxylic acids is 1. The van der Waals surface area contributed by atoms with E-state index in [9.17, 15) is 9.90 Å². The molecule has 0 aromatic carbocycles. The fourth-order valence-electron chi connectivity index (χ4n) is 2.37. The molecule has 0 aliphatic heterocycles. The Morgan fingerprint density at radius 1 is 1.42 bits per heavy atom. The van der Waals surface area contributed by atoms with E-state index in [1.165, 1.54) is 41.4 Å². The van der Waals surface area contributed by atoms with E-state index >= 15 is 0 Å². The third-order valence-electron chi connectivity index (χ3n) is 3.34. The lowest BCUT2D eigenvalue weighted by Gasteiger charge is -2.14. The lowest BCUT2D eigenvalue weighted by molar-refractivity contribution is -0.304. The summed E-state index contributed by atoms with van der Waals surface area (Å²) in [5.74, 6) is -1.05. The summed E-state index contributed by atoms with van der Waals surface area (Å²) in [6.45, 7) is 1.63. The number of aliphatic carboxylic acids is 1. The molecule has 0 spiro atoms. The van der Waals surface area contributed by atoms with Crippen LogP contribution < -0.4 is 5.11 Å². The van der Waals surface area contributed by atoms with Gasteiger partial charge in [-0.2, -0.15) is 0 Å². The van der Waals surface area contributed by atoms with Gasteiger partial charge >= 0.3 is 0 Å². The van der Waals surface area contributed by atoms with Gasteiger partial charge in [0.2, 0.25) is 0 Å². The Morgan fingerprint density at radius 3 is 3.00 bits per heavy atom. The maximum atomic E-state index is 10.9. The molecule has 0 bridgehead atoms. The van der Waals surface area contributed by atoms with Gasteiger partial charge in [0, 0.05) is 15.5 Å². The number of thiophene rings is 1. The standard InChI is InChI=1S/C13H14N2O2S2/c1-7(13(16)17)18-11-10-8-4-2-3-5-9(8)19-12(10)15-6-14-11/h6-7H,2-5H2,1H3,(H,16,17)/p-1/t7-/m0/s1. The van der Waals surface area contributed by atoms with Crippen molar-refractivity contribution in [2.45, 2.75) is 42.9 Å². The number of fused-ring (bicyclic) bond motifs is 3. The van der Waals surface area contributed by atoms with Crippen molar-refractivity contribution in [1.29, 1.82) is 0 Å². The Morgan fingerprint density at radius 2 is 2.21 bits per heavy atom. The molecule has 0 unspecified atom stereocenters. The highest BCUT2D eigenvalue weighted by Crippen LogP contribution is 2.39. The highest BCUT2D eigenvalue weighted by Gasteiger charge is 2.21. The third kappa shape index (κ3) is 2.34. The smallest absolute Gasteiger partial charge is 0.128 e. The van der Waals surface area contributed by atoms with Crippen LogP contribution in [0.3, 0.4) is 0 Å². The van der Waals surface area contributed by atoms with E-state index in [1.54, 1.807) is 18.3 Å². The zero-order valence-electron chi connectivity index (χ0n) is 10.5. The highest BCUT2D eigenvalue weighted by molar-refractivity contribution is 8.00. The molecule has 6 heteroatoms. The van der Waals surface area contributed by atoms with Crippen molar-refractivity contribution < 1.29 is 9.90 Å². The first-order valence-corrected chi connectivity index (χ1v) is 7.99. The molecule has 1 aliphatic rings. The third-order valence-corrected chi connectivity index (χ3v) is 5.62. The van der Waals surface area contributed by atoms with Gasteiger partial charge in [-0.15, -0.1) is 11.3 Å². The monoisotopic (exact) mass is 293 g/mol. The van der Waals surface area contributed by atoms with Crippen LogP contribution in [0.5, 0.6) is 0 Å². The van der Waals surface area contributed by atoms with Gasteiger partial charge in [-0.1, -0.05) is 11.8 Å². The average molecular weight is 293 g/mol. The van der Waals surface area contributed by atoms with Crippen molar-refractivity contribution in [1.82, 2.24) is 9.97 Å². The van der Waals surface area contributed by atoms with Gasteiger partial charge in [-0.25, -0.2) is 9.97 Å². The lowest BCUT2D eigenvalue weighted by atomic mass is 9.97. The second-order valence-electron chi connectivity index (χ2n) is 4.65. The van der Waals surface area contributed by atoms with Gasteiger partial charge in [0.1, 0.15) is 16.2 Å². The second-order valence-corrected chi connectivity index (χ2v) is 7.06. The van der Waals surface area contributed by atoms with Crippen molar-refractivity contribution >= 4 is 39.3 Å². The fraction of sp³-hybridized carbons (Fsp3) is 0.462. The molecule has 1 aliphatic carbocycles. The minimum absolute atomic E-state index is 0.600. The molecular formula is C13H13N2O2S2-. The predicted molar refractivity (Wildman–Crippen MR) is 74.4 cm³/mol. The van der Waals surface area contributed by atoms with Gasteiger partial charge in [0.15, 0.2) is 0 Å². The van der Waals surface area contributed by atoms with Gasteiger partial charge in [-0.05, 0) is 38.2 Å². The Labute approximate surface area is 119 Å². The summed E-state index contributed by atoms with van der Waals surface area (Å²) in [4.78, 5) is 21.9. The van der Waals surface area contributed by atoms with Crippen LogP contribution in [-0.4, -0.2) is 21.2 Å². The number of nitrogens with zero attached hydrogens (tertiary/aromatic N) is 2. The number of carboxylic acids is 1. The molecule has 1 atom stereocenters. The summed E-state index contributed by atoms with van der Waals surface area (Å²) in [6, 6.07) is 0. The average Bonchev–Trinajstić information content (AvgIpc) is 2.77. The van der Waals surface area contributed by atoms with Crippen molar-refractivity contribution in [3.8, 4) is 0 Å². The van der Waals surface area contributed by atoms with Crippen LogP contribution in [0.15, 0.2) is 11.4 Å². The Hall–Kier alpha value is -1.14. The maximum absolute atomic E-state index is 10.9. The van der Waals surface area contributed by atoms with E-state index in [0.29, 0.717) is 0 Å². The summed E-state index contributed by atoms with van der Waals surface area (Å²) >= 11 is 2.97. The lowest BCUT2D eigenvalue weighted by Crippen LogP contribution is -2.31. The molecule has 0 saturated carbocycles. The second kappa shape index (κ2) is 5.09. The van der Waals surface area contributed by atoms with E-state index in [1.807, 2.05) is 0 Å². The van der Waals surface area contributed by atoms with Crippen molar-refractivity contribution in [3.63, 3.8) is 0 Å². The summed E-state index contributed by atoms with van der Waals surface area (Å²) < 4.78 is 0. The SMILES string of the molecule is C[C@H](Sc1ncnc2sc3c(c12)CCCC3)C(=O)[O-]. The Kier molecular flexibility index (Phi) is 3.45. The minimum Gasteiger partial charge on any atom is -0.549 e. The highest BCUT2D eigenvalue weighted by atomic mass is 32.2. The fourth-order valence-corrected chi connectivity index (χ4v) is 4.54. The Bertz CT molecular complexity index is 639. The molecule has 0 saturated heterocycles. The van der Waals surface area contributed by atoms with Crippen LogP contribution in [0, 0.1) is 0 Å².